The molecule has 3 heteroatoms. The first-order chi connectivity index (χ1) is 4.57. The van der Waals surface area contributed by atoms with E-state index in [0.29, 0.717) is 0 Å². The lowest BCUT2D eigenvalue weighted by Gasteiger charge is -2.21. The van der Waals surface area contributed by atoms with E-state index in [1.165, 1.54) is 0 Å². The summed E-state index contributed by atoms with van der Waals surface area (Å²) >= 11 is 0. The van der Waals surface area contributed by atoms with E-state index in [1.807, 2.05) is 13.8 Å². The van der Waals surface area contributed by atoms with E-state index >= 15 is 0 Å². The molecule has 0 saturated carbocycles. The van der Waals surface area contributed by atoms with Crippen molar-refractivity contribution in [3.8, 4) is 0 Å². The van der Waals surface area contributed by atoms with Gasteiger partial charge < -0.3 is 9.47 Å². The molecular weight excluding hydrogens is 132 g/mol. The maximum absolute atomic E-state index is 11.0. The molecule has 1 aliphatic rings. The molecule has 0 spiro atoms. The van der Waals surface area contributed by atoms with Gasteiger partial charge in [-0.15, -0.1) is 0 Å². The monoisotopic (exact) mass is 144 g/mol. The van der Waals surface area contributed by atoms with Crippen LogP contribution in [0, 0.1) is 5.92 Å². The lowest BCUT2D eigenvalue weighted by Crippen LogP contribution is -2.38. The van der Waals surface area contributed by atoms with Crippen LogP contribution < -0.4 is 0 Å². The number of cyclic esters (lactones) is 1. The molecule has 0 N–H and O–H groups in total. The molecule has 0 aromatic rings. The van der Waals surface area contributed by atoms with Crippen molar-refractivity contribution >= 4 is 5.97 Å². The van der Waals surface area contributed by atoms with E-state index < -0.39 is 5.60 Å². The Morgan fingerprint density at radius 3 is 2.40 bits per heavy atom. The van der Waals surface area contributed by atoms with E-state index in [0.717, 1.165) is 0 Å². The van der Waals surface area contributed by atoms with Crippen molar-refractivity contribution < 1.29 is 14.3 Å². The van der Waals surface area contributed by atoms with Crippen LogP contribution in [0.25, 0.3) is 0 Å². The molecule has 0 aromatic heterocycles. The summed E-state index contributed by atoms with van der Waals surface area (Å²) in [5.41, 5.74) is -0.708. The Bertz CT molecular complexity index is 153. The van der Waals surface area contributed by atoms with Gasteiger partial charge in [0.15, 0.2) is 12.4 Å². The highest BCUT2D eigenvalue weighted by molar-refractivity contribution is 5.80. The van der Waals surface area contributed by atoms with Gasteiger partial charge in [-0.2, -0.15) is 0 Å². The van der Waals surface area contributed by atoms with Crippen LogP contribution in [0.1, 0.15) is 20.8 Å². The second kappa shape index (κ2) is 2.23. The average Bonchev–Trinajstić information content (AvgIpc) is 2.15. The predicted octanol–water partition coefficient (Wildman–Crippen LogP) is 0.932. The highest BCUT2D eigenvalue weighted by Gasteiger charge is 2.44. The van der Waals surface area contributed by atoms with Crippen molar-refractivity contribution in [2.45, 2.75) is 26.4 Å². The van der Waals surface area contributed by atoms with Crippen LogP contribution in [0.15, 0.2) is 0 Å². The van der Waals surface area contributed by atoms with Gasteiger partial charge in [-0.25, -0.2) is 4.79 Å². The van der Waals surface area contributed by atoms with Crippen LogP contribution in [0.2, 0.25) is 0 Å². The smallest absolute Gasteiger partial charge is 0.340 e. The standard InChI is InChI=1S/C7H12O3/c1-5(2)7(3)6(8)9-4-10-7/h5H,4H2,1-3H3. The first-order valence-electron chi connectivity index (χ1n) is 3.38. The molecule has 0 aliphatic carbocycles. The first kappa shape index (κ1) is 7.54. The minimum absolute atomic E-state index is 0.105. The molecule has 3 nitrogen and oxygen atoms in total. The summed E-state index contributed by atoms with van der Waals surface area (Å²) in [4.78, 5) is 11.0. The minimum Gasteiger partial charge on any atom is -0.436 e. The molecule has 0 radical (unpaired) electrons. The Morgan fingerprint density at radius 2 is 2.20 bits per heavy atom. The van der Waals surface area contributed by atoms with Crippen molar-refractivity contribution in [2.24, 2.45) is 5.92 Å². The summed E-state index contributed by atoms with van der Waals surface area (Å²) < 4.78 is 9.81. The largest absolute Gasteiger partial charge is 0.436 e. The first-order valence-corrected chi connectivity index (χ1v) is 3.38. The van der Waals surface area contributed by atoms with Crippen molar-refractivity contribution in [1.29, 1.82) is 0 Å². The molecule has 0 amide bonds. The van der Waals surface area contributed by atoms with Gasteiger partial charge in [0.2, 0.25) is 0 Å². The highest BCUT2D eigenvalue weighted by atomic mass is 16.7. The van der Waals surface area contributed by atoms with E-state index in [1.54, 1.807) is 6.92 Å². The van der Waals surface area contributed by atoms with Crippen LogP contribution in [0.4, 0.5) is 0 Å². The molecule has 1 saturated heterocycles. The molecule has 0 bridgehead atoms. The Hall–Kier alpha value is -0.570. The van der Waals surface area contributed by atoms with Crippen molar-refractivity contribution in [3.05, 3.63) is 0 Å². The molecular formula is C7H12O3. The van der Waals surface area contributed by atoms with Gasteiger partial charge in [-0.05, 0) is 12.8 Å². The third kappa shape index (κ3) is 0.904. The van der Waals surface area contributed by atoms with E-state index in [4.69, 9.17) is 4.74 Å². The zero-order valence-corrected chi connectivity index (χ0v) is 6.51. The van der Waals surface area contributed by atoms with E-state index in [2.05, 4.69) is 4.74 Å². The van der Waals surface area contributed by atoms with Gasteiger partial charge in [-0.3, -0.25) is 0 Å². The summed E-state index contributed by atoms with van der Waals surface area (Å²) in [5.74, 6) is -0.0787. The van der Waals surface area contributed by atoms with Gasteiger partial charge >= 0.3 is 5.97 Å². The summed E-state index contributed by atoms with van der Waals surface area (Å²) in [6.45, 7) is 5.74. The fourth-order valence-electron chi connectivity index (χ4n) is 0.810. The number of carbonyl (C=O) groups is 1. The Morgan fingerprint density at radius 1 is 1.60 bits per heavy atom. The zero-order chi connectivity index (χ0) is 7.78. The molecule has 1 fully saturated rings. The van der Waals surface area contributed by atoms with Crippen molar-refractivity contribution in [2.75, 3.05) is 6.79 Å². The summed E-state index contributed by atoms with van der Waals surface area (Å²) in [6, 6.07) is 0. The molecule has 1 heterocycles. The van der Waals surface area contributed by atoms with Crippen molar-refractivity contribution in [3.63, 3.8) is 0 Å². The van der Waals surface area contributed by atoms with Gasteiger partial charge in [0.25, 0.3) is 0 Å². The van der Waals surface area contributed by atoms with Crippen LogP contribution in [-0.4, -0.2) is 18.4 Å². The molecule has 10 heavy (non-hydrogen) atoms. The summed E-state index contributed by atoms with van der Waals surface area (Å²) in [5, 5.41) is 0. The number of hydrogen-bond acceptors (Lipinski definition) is 3. The SMILES string of the molecule is CC(C)C1(C)OCOC1=O. The Kier molecular flexibility index (Phi) is 1.68. The maximum Gasteiger partial charge on any atom is 0.340 e. The average molecular weight is 144 g/mol. The zero-order valence-electron chi connectivity index (χ0n) is 6.51. The van der Waals surface area contributed by atoms with Crippen LogP contribution in [-0.2, 0) is 14.3 Å². The second-order valence-corrected chi connectivity index (χ2v) is 2.96. The van der Waals surface area contributed by atoms with E-state index in [9.17, 15) is 4.79 Å². The Balaban J connectivity index is 2.75. The molecule has 1 rings (SSSR count). The number of hydrogen-bond donors (Lipinski definition) is 0. The molecule has 1 atom stereocenters. The summed E-state index contributed by atoms with van der Waals surface area (Å²) in [7, 11) is 0. The molecule has 1 aliphatic heterocycles. The van der Waals surface area contributed by atoms with Gasteiger partial charge in [0, 0.05) is 0 Å². The Labute approximate surface area is 60.3 Å². The number of carbonyl (C=O) groups excluding carboxylic acids is 1. The molecule has 0 aromatic carbocycles. The number of rotatable bonds is 1. The van der Waals surface area contributed by atoms with Crippen LogP contribution in [0.5, 0.6) is 0 Å². The van der Waals surface area contributed by atoms with Gasteiger partial charge in [-0.1, -0.05) is 13.8 Å². The van der Waals surface area contributed by atoms with Crippen LogP contribution >= 0.6 is 0 Å². The predicted molar refractivity (Wildman–Crippen MR) is 35.3 cm³/mol. The highest BCUT2D eigenvalue weighted by Crippen LogP contribution is 2.27. The fraction of sp³-hybridized carbons (Fsp3) is 0.857. The fourth-order valence-corrected chi connectivity index (χ4v) is 0.810. The number of ether oxygens (including phenoxy) is 2. The van der Waals surface area contributed by atoms with Crippen molar-refractivity contribution in [1.82, 2.24) is 0 Å². The van der Waals surface area contributed by atoms with Gasteiger partial charge in [0.05, 0.1) is 0 Å². The topological polar surface area (TPSA) is 35.5 Å². The quantitative estimate of drug-likeness (QED) is 0.513. The lowest BCUT2D eigenvalue weighted by atomic mass is 9.93. The minimum atomic E-state index is -0.708. The third-order valence-electron chi connectivity index (χ3n) is 2.06. The molecule has 58 valence electrons. The number of esters is 1. The second-order valence-electron chi connectivity index (χ2n) is 2.96. The maximum atomic E-state index is 11.0. The van der Waals surface area contributed by atoms with Gasteiger partial charge in [0.1, 0.15) is 0 Å². The summed E-state index contributed by atoms with van der Waals surface area (Å²) in [6.07, 6.45) is 0. The normalized spacial score (nSPS) is 33.0. The lowest BCUT2D eigenvalue weighted by molar-refractivity contribution is -0.145. The van der Waals surface area contributed by atoms with E-state index in [-0.39, 0.29) is 18.7 Å². The molecule has 1 unspecified atom stereocenters. The third-order valence-corrected chi connectivity index (χ3v) is 2.06. The van der Waals surface area contributed by atoms with Crippen LogP contribution in [0.3, 0.4) is 0 Å².